The zero-order valence-corrected chi connectivity index (χ0v) is 41.5. The summed E-state index contributed by atoms with van der Waals surface area (Å²) < 4.78 is 0. The van der Waals surface area contributed by atoms with Crippen LogP contribution in [0.5, 0.6) is 0 Å². The molecule has 7 heteroatoms. The average Bonchev–Trinajstić information content (AvgIpc) is 2.58. The summed E-state index contributed by atoms with van der Waals surface area (Å²) in [6, 6.07) is 0. The third kappa shape index (κ3) is 11.5. The van der Waals surface area contributed by atoms with E-state index < -0.39 is 24.7 Å². The van der Waals surface area contributed by atoms with Gasteiger partial charge in [0.05, 0.1) is 0 Å². The molecule has 0 saturated heterocycles. The Balaban J connectivity index is -0.000000169. The fourth-order valence-corrected chi connectivity index (χ4v) is 30.4. The molecule has 0 aliphatic heterocycles. The molecule has 0 heterocycles. The Bertz CT molecular complexity index is 613. The van der Waals surface area contributed by atoms with Crippen LogP contribution in [0.25, 0.3) is 16.2 Å². The van der Waals surface area contributed by atoms with Crippen LogP contribution in [-0.4, -0.2) is 24.7 Å². The summed E-state index contributed by atoms with van der Waals surface area (Å²) >= 11 is 0. The van der Waals surface area contributed by atoms with Gasteiger partial charge in [0.25, 0.3) is 0 Å². The van der Waals surface area contributed by atoms with Crippen LogP contribution in [0.1, 0.15) is 187 Å². The summed E-state index contributed by atoms with van der Waals surface area (Å²) in [6.07, 6.45) is 0. The molecule has 0 aliphatic carbocycles. The number of rotatable bonds is 0. The molecule has 44 heavy (non-hydrogen) atoms. The molecule has 0 spiro atoms. The van der Waals surface area contributed by atoms with E-state index in [0.29, 0.717) is 0 Å². The molecule has 3 N–H and O–H groups in total. The molecule has 266 valence electrons. The molecule has 0 aromatic heterocycles. The van der Waals surface area contributed by atoms with E-state index in [-0.39, 0.29) is 79.0 Å². The summed E-state index contributed by atoms with van der Waals surface area (Å²) in [6.45, 7) is 60.4. The van der Waals surface area contributed by atoms with Gasteiger partial charge in [-0.2, -0.15) is 0 Å². The number of hydrogen-bond donors (Lipinski definition) is 0. The van der Waals surface area contributed by atoms with Crippen LogP contribution >= 0.6 is 0 Å². The van der Waals surface area contributed by atoms with E-state index in [1.165, 1.54) is 0 Å². The molecule has 0 unspecified atom stereocenters. The normalized spacial score (nSPS) is 15.1. The Kier molecular flexibility index (Phi) is 19.4. The molecule has 0 atom stereocenters. The van der Waals surface area contributed by atoms with E-state index in [4.69, 9.17) is 16.2 Å². The van der Waals surface area contributed by atoms with Gasteiger partial charge in [-0.1, -0.05) is 232 Å². The van der Waals surface area contributed by atoms with E-state index in [9.17, 15) is 0 Å². The van der Waals surface area contributed by atoms with Crippen molar-refractivity contribution in [2.45, 2.75) is 232 Å². The van der Waals surface area contributed by atoms with E-state index in [1.54, 1.807) is 0 Å². The van der Waals surface area contributed by atoms with Gasteiger partial charge in [0.15, 0.2) is 0 Å². The van der Waals surface area contributed by atoms with E-state index in [2.05, 4.69) is 187 Å². The zero-order chi connectivity index (χ0) is 36.0. The molecule has 3 nitrogen and oxygen atoms in total. The summed E-state index contributed by atoms with van der Waals surface area (Å²) in [5.74, 6) is 0. The summed E-state index contributed by atoms with van der Waals surface area (Å²) in [5, 5.41) is 28.2. The quantitative estimate of drug-likeness (QED) is 0.175. The van der Waals surface area contributed by atoms with Crippen LogP contribution in [0.15, 0.2) is 0 Å². The first-order valence-corrected chi connectivity index (χ1v) is 22.5. The standard InChI is InChI=1S/3C12H28NSi.CH3.Zr/c3*1-10(2,3)14(13,11(4,5)6)12(7,8)9;;/h3*13H,1-9H3;1H3;/q4*-1;+4. The summed E-state index contributed by atoms with van der Waals surface area (Å²) in [5.41, 5.74) is 0. The molecule has 0 saturated carbocycles. The zero-order valence-electron chi connectivity index (χ0n) is 36.0. The SMILES string of the molecule is CC(C)(C)[Si]([NH-])(C(C)(C)C)C(C)(C)C.CC(C)(C)[Si]([NH-])(C(C)(C)C)C(C)(C)C.CC(C)(C)[Si]([NH-])(C(C)(C)C)C(C)(C)C.[CH3-].[Zr+4]. The molecule has 0 aromatic carbocycles. The van der Waals surface area contributed by atoms with Gasteiger partial charge in [0.1, 0.15) is 0 Å². The van der Waals surface area contributed by atoms with Gasteiger partial charge in [-0.15, -0.1) is 0 Å². The second kappa shape index (κ2) is 15.5. The Morgan fingerprint density at radius 2 is 0.273 bits per heavy atom. The maximum atomic E-state index is 9.01. The smallest absolute Gasteiger partial charge is 0.678 e. The van der Waals surface area contributed by atoms with Gasteiger partial charge in [0.2, 0.25) is 0 Å². The molecule has 0 bridgehead atoms. The Morgan fingerprint density at radius 1 is 0.227 bits per heavy atom. The number of nitrogens with one attached hydrogen (secondary N) is 3. The monoisotopic (exact) mass is 748 g/mol. The van der Waals surface area contributed by atoms with Gasteiger partial charge in [-0.05, 0) is 24.7 Å². The van der Waals surface area contributed by atoms with Gasteiger partial charge in [-0.25, -0.2) is 0 Å². The third-order valence-corrected chi connectivity index (χ3v) is 30.4. The summed E-state index contributed by atoms with van der Waals surface area (Å²) in [7, 11) is -6.31. The van der Waals surface area contributed by atoms with Crippen LogP contribution in [0, 0.1) is 7.43 Å². The van der Waals surface area contributed by atoms with Crippen molar-refractivity contribution in [2.75, 3.05) is 0 Å². The van der Waals surface area contributed by atoms with Crippen LogP contribution < -0.4 is 0 Å². The molecular weight excluding hydrogens is 662 g/mol. The maximum Gasteiger partial charge on any atom is 4.00 e. The Labute approximate surface area is 305 Å². The minimum absolute atomic E-state index is 0. The van der Waals surface area contributed by atoms with Crippen molar-refractivity contribution < 1.29 is 26.2 Å². The molecule has 0 aliphatic rings. The second-order valence-corrected chi connectivity index (χ2v) is 40.5. The van der Waals surface area contributed by atoms with Crippen molar-refractivity contribution in [3.05, 3.63) is 23.6 Å². The van der Waals surface area contributed by atoms with Crippen LogP contribution in [0.2, 0.25) is 45.3 Å². The second-order valence-electron chi connectivity index (χ2n) is 22.5. The van der Waals surface area contributed by atoms with Gasteiger partial charge < -0.3 is 23.6 Å². The Hall–Kier alpha value is 1.41. The molecule has 0 amide bonds. The topological polar surface area (TPSA) is 71.4 Å². The molecule has 0 fully saturated rings. The first-order valence-electron chi connectivity index (χ1n) is 16.5. The van der Waals surface area contributed by atoms with Crippen molar-refractivity contribution in [3.8, 4) is 0 Å². The van der Waals surface area contributed by atoms with Crippen LogP contribution in [-0.2, 0) is 26.2 Å². The molecule has 0 aromatic rings. The minimum atomic E-state index is -2.10. The molecule has 0 radical (unpaired) electrons. The van der Waals surface area contributed by atoms with Crippen molar-refractivity contribution in [1.29, 1.82) is 0 Å². The van der Waals surface area contributed by atoms with Gasteiger partial charge >= 0.3 is 26.2 Å². The summed E-state index contributed by atoms with van der Waals surface area (Å²) in [4.78, 5) is 0. The fraction of sp³-hybridized carbons (Fsp3) is 0.973. The minimum Gasteiger partial charge on any atom is -0.678 e. The maximum absolute atomic E-state index is 9.01. The van der Waals surface area contributed by atoms with Crippen molar-refractivity contribution in [1.82, 2.24) is 0 Å². The van der Waals surface area contributed by atoms with Crippen molar-refractivity contribution >= 4 is 24.7 Å². The Morgan fingerprint density at radius 3 is 0.273 bits per heavy atom. The average molecular weight is 750 g/mol. The predicted molar refractivity (Wildman–Crippen MR) is 214 cm³/mol. The van der Waals surface area contributed by atoms with Crippen molar-refractivity contribution in [3.63, 3.8) is 0 Å². The van der Waals surface area contributed by atoms with E-state index in [0.717, 1.165) is 0 Å². The van der Waals surface area contributed by atoms with E-state index >= 15 is 0 Å². The van der Waals surface area contributed by atoms with E-state index in [1.807, 2.05) is 0 Å². The third-order valence-electron chi connectivity index (χ3n) is 10.1. The fourth-order valence-electron chi connectivity index (χ4n) is 10.1. The predicted octanol–water partition coefficient (Wildman–Crippen LogP) is 16.6. The largest absolute Gasteiger partial charge is 4.00 e. The first-order chi connectivity index (χ1) is 17.2. The van der Waals surface area contributed by atoms with Gasteiger partial charge in [0, 0.05) is 0 Å². The van der Waals surface area contributed by atoms with Crippen LogP contribution in [0.4, 0.5) is 0 Å². The molecule has 0 rings (SSSR count). The molecular formula is C37H87N3Si3Zr. The van der Waals surface area contributed by atoms with Crippen molar-refractivity contribution in [2.24, 2.45) is 0 Å². The first kappa shape index (κ1) is 54.8. The van der Waals surface area contributed by atoms with Crippen LogP contribution in [0.3, 0.4) is 0 Å². The van der Waals surface area contributed by atoms with Gasteiger partial charge in [-0.3, -0.25) is 0 Å². The number of hydrogen-bond acceptors (Lipinski definition) is 0.